The molecule has 0 radical (unpaired) electrons. The number of carbonyl (C=O) groups excluding carboxylic acids is 1. The van der Waals surface area contributed by atoms with E-state index in [0.717, 1.165) is 12.8 Å². The van der Waals surface area contributed by atoms with Crippen molar-refractivity contribution in [2.45, 2.75) is 40.2 Å². The molecule has 2 aromatic heterocycles. The maximum Gasteiger partial charge on any atom is 0.339 e. The van der Waals surface area contributed by atoms with Crippen LogP contribution in [0.25, 0.3) is 0 Å². The number of carbonyl (C=O) groups is 2. The highest BCUT2D eigenvalue weighted by Gasteiger charge is 2.37. The molecule has 1 aliphatic carbocycles. The third kappa shape index (κ3) is 2.35. The Balaban J connectivity index is 1.76. The third-order valence-electron chi connectivity index (χ3n) is 5.23. The number of anilines is 1. The van der Waals surface area contributed by atoms with Crippen LogP contribution in [0.15, 0.2) is 18.3 Å². The average Bonchev–Trinajstić information content (AvgIpc) is 2.99. The van der Waals surface area contributed by atoms with E-state index in [4.69, 9.17) is 0 Å². The molecular weight excluding hydrogens is 318 g/mol. The Morgan fingerprint density at radius 2 is 2.04 bits per heavy atom. The molecule has 130 valence electrons. The molecule has 0 aromatic carbocycles. The Labute approximate surface area is 146 Å². The minimum Gasteiger partial charge on any atom is -0.478 e. The Bertz CT molecular complexity index is 911. The van der Waals surface area contributed by atoms with Crippen molar-refractivity contribution >= 4 is 17.7 Å². The molecule has 0 atom stereocenters. The molecule has 1 N–H and O–H groups in total. The van der Waals surface area contributed by atoms with Crippen molar-refractivity contribution < 1.29 is 14.7 Å². The number of aromatic nitrogens is 2. The zero-order chi connectivity index (χ0) is 17.9. The Hall–Kier alpha value is -2.63. The van der Waals surface area contributed by atoms with Gasteiger partial charge in [-0.1, -0.05) is 13.8 Å². The van der Waals surface area contributed by atoms with Crippen molar-refractivity contribution in [2.75, 3.05) is 11.4 Å². The van der Waals surface area contributed by atoms with Crippen LogP contribution in [0.5, 0.6) is 0 Å². The number of hydrogen-bond donors (Lipinski definition) is 1. The third-order valence-corrected chi connectivity index (χ3v) is 5.23. The second kappa shape index (κ2) is 5.18. The van der Waals surface area contributed by atoms with E-state index in [-0.39, 0.29) is 22.7 Å². The van der Waals surface area contributed by atoms with Gasteiger partial charge in [-0.05, 0) is 48.4 Å². The van der Waals surface area contributed by atoms with Gasteiger partial charge in [0, 0.05) is 25.0 Å². The lowest BCUT2D eigenvalue weighted by Gasteiger charge is -2.30. The highest BCUT2D eigenvalue weighted by atomic mass is 16.4. The molecule has 2 aromatic rings. The van der Waals surface area contributed by atoms with E-state index in [2.05, 4.69) is 23.4 Å². The fourth-order valence-electron chi connectivity index (χ4n) is 4.13. The molecule has 25 heavy (non-hydrogen) atoms. The van der Waals surface area contributed by atoms with E-state index in [1.54, 1.807) is 19.2 Å². The van der Waals surface area contributed by atoms with Crippen LogP contribution in [-0.4, -0.2) is 33.1 Å². The largest absolute Gasteiger partial charge is 0.478 e. The first kappa shape index (κ1) is 15.9. The van der Waals surface area contributed by atoms with Crippen LogP contribution < -0.4 is 4.90 Å². The molecule has 1 amide bonds. The Morgan fingerprint density at radius 1 is 1.28 bits per heavy atom. The normalized spacial score (nSPS) is 18.2. The summed E-state index contributed by atoms with van der Waals surface area (Å²) >= 11 is 0. The smallest absolute Gasteiger partial charge is 0.339 e. The van der Waals surface area contributed by atoms with E-state index in [0.29, 0.717) is 24.3 Å². The van der Waals surface area contributed by atoms with E-state index in [1.165, 1.54) is 16.2 Å². The molecule has 0 fully saturated rings. The average molecular weight is 339 g/mol. The first-order valence-electron chi connectivity index (χ1n) is 8.50. The van der Waals surface area contributed by atoms with Crippen LogP contribution in [-0.2, 0) is 19.4 Å². The van der Waals surface area contributed by atoms with Gasteiger partial charge in [-0.15, -0.1) is 0 Å². The first-order valence-corrected chi connectivity index (χ1v) is 8.50. The van der Waals surface area contributed by atoms with Gasteiger partial charge in [-0.2, -0.15) is 0 Å². The molecule has 3 heterocycles. The molecule has 0 bridgehead atoms. The van der Waals surface area contributed by atoms with Gasteiger partial charge >= 0.3 is 5.97 Å². The van der Waals surface area contributed by atoms with E-state index < -0.39 is 5.97 Å². The van der Waals surface area contributed by atoms with Crippen LogP contribution in [0.1, 0.15) is 51.5 Å². The van der Waals surface area contributed by atoms with Crippen molar-refractivity contribution in [3.8, 4) is 0 Å². The molecule has 6 heteroatoms. The monoisotopic (exact) mass is 339 g/mol. The predicted molar refractivity (Wildman–Crippen MR) is 93.2 cm³/mol. The van der Waals surface area contributed by atoms with E-state index in [1.807, 2.05) is 6.07 Å². The van der Waals surface area contributed by atoms with E-state index >= 15 is 0 Å². The van der Waals surface area contributed by atoms with Crippen LogP contribution in [0.4, 0.5) is 5.82 Å². The number of pyridine rings is 1. The molecule has 0 spiro atoms. The van der Waals surface area contributed by atoms with Gasteiger partial charge in [0.05, 0.1) is 0 Å². The summed E-state index contributed by atoms with van der Waals surface area (Å²) in [5.41, 5.74) is 4.09. The zero-order valence-corrected chi connectivity index (χ0v) is 14.7. The number of hydrogen-bond acceptors (Lipinski definition) is 3. The summed E-state index contributed by atoms with van der Waals surface area (Å²) in [5, 5.41) is 9.53. The topological polar surface area (TPSA) is 75.4 Å². The van der Waals surface area contributed by atoms with Crippen LogP contribution in [0, 0.1) is 12.3 Å². The summed E-state index contributed by atoms with van der Waals surface area (Å²) in [6.07, 6.45) is 3.50. The molecule has 6 nitrogen and oxygen atoms in total. The lowest BCUT2D eigenvalue weighted by atomic mass is 9.90. The van der Waals surface area contributed by atoms with Crippen LogP contribution in [0.3, 0.4) is 0 Å². The molecule has 0 saturated heterocycles. The minimum atomic E-state index is -1.06. The van der Waals surface area contributed by atoms with Gasteiger partial charge in [0.2, 0.25) is 0 Å². The zero-order valence-electron chi connectivity index (χ0n) is 14.7. The van der Waals surface area contributed by atoms with Crippen molar-refractivity contribution in [1.29, 1.82) is 0 Å². The maximum absolute atomic E-state index is 13.0. The van der Waals surface area contributed by atoms with E-state index in [9.17, 15) is 14.7 Å². The second-order valence-electron chi connectivity index (χ2n) is 7.76. The molecule has 2 aliphatic rings. The second-order valence-corrected chi connectivity index (χ2v) is 7.76. The summed E-state index contributed by atoms with van der Waals surface area (Å²) in [5.74, 6) is -0.983. The van der Waals surface area contributed by atoms with Gasteiger partial charge < -0.3 is 9.67 Å². The standard InChI is InChI=1S/C19H21N3O3/c1-11-4-5-20-16(15(11)18(24)25)22-7-6-21-13(17(22)23)8-12-9-19(2,3)10-14(12)21/h4-5,8H,6-7,9-10H2,1-3H3,(H,24,25). The number of amides is 1. The first-order chi connectivity index (χ1) is 11.8. The van der Waals surface area contributed by atoms with Gasteiger partial charge in [-0.25, -0.2) is 9.78 Å². The summed E-state index contributed by atoms with van der Waals surface area (Å²) in [6.45, 7) is 7.31. The number of carboxylic acids is 1. The molecule has 1 aliphatic heterocycles. The summed E-state index contributed by atoms with van der Waals surface area (Å²) < 4.78 is 2.11. The van der Waals surface area contributed by atoms with Crippen LogP contribution in [0.2, 0.25) is 0 Å². The number of carboxylic acid groups (broad SMARTS) is 1. The summed E-state index contributed by atoms with van der Waals surface area (Å²) in [6, 6.07) is 3.63. The fourth-order valence-corrected chi connectivity index (χ4v) is 4.13. The quantitative estimate of drug-likeness (QED) is 0.913. The molecule has 0 saturated carbocycles. The molecule has 0 unspecified atom stereocenters. The van der Waals surface area contributed by atoms with Crippen molar-refractivity contribution in [1.82, 2.24) is 9.55 Å². The highest BCUT2D eigenvalue weighted by Crippen LogP contribution is 2.39. The predicted octanol–water partition coefficient (Wildman–Crippen LogP) is 2.67. The number of nitrogens with zero attached hydrogens (tertiary/aromatic N) is 3. The van der Waals surface area contributed by atoms with Crippen molar-refractivity contribution in [2.24, 2.45) is 5.41 Å². The van der Waals surface area contributed by atoms with Crippen LogP contribution >= 0.6 is 0 Å². The molecule has 4 rings (SSSR count). The van der Waals surface area contributed by atoms with Gasteiger partial charge in [-0.3, -0.25) is 9.69 Å². The molecular formula is C19H21N3O3. The van der Waals surface area contributed by atoms with Crippen molar-refractivity contribution in [3.63, 3.8) is 0 Å². The maximum atomic E-state index is 13.0. The Morgan fingerprint density at radius 3 is 2.76 bits per heavy atom. The minimum absolute atomic E-state index is 0.101. The number of aryl methyl sites for hydroxylation is 1. The lowest BCUT2D eigenvalue weighted by Crippen LogP contribution is -2.42. The van der Waals surface area contributed by atoms with Gasteiger partial charge in [0.25, 0.3) is 5.91 Å². The van der Waals surface area contributed by atoms with Gasteiger partial charge in [0.1, 0.15) is 17.1 Å². The summed E-state index contributed by atoms with van der Waals surface area (Å²) in [7, 11) is 0. The lowest BCUT2D eigenvalue weighted by molar-refractivity contribution is 0.0696. The number of rotatable bonds is 2. The Kier molecular flexibility index (Phi) is 3.29. The van der Waals surface area contributed by atoms with Crippen molar-refractivity contribution in [3.05, 3.63) is 46.4 Å². The fraction of sp³-hybridized carbons (Fsp3) is 0.421. The SMILES string of the molecule is Cc1ccnc(N2CCn3c(cc4c3CC(C)(C)C4)C2=O)c1C(=O)O. The summed E-state index contributed by atoms with van der Waals surface area (Å²) in [4.78, 5) is 30.4. The number of fused-ring (bicyclic) bond motifs is 3. The highest BCUT2D eigenvalue weighted by molar-refractivity contribution is 6.09. The number of aromatic carboxylic acids is 1. The van der Waals surface area contributed by atoms with Gasteiger partial charge in [0.15, 0.2) is 0 Å².